The summed E-state index contributed by atoms with van der Waals surface area (Å²) in [6, 6.07) is 15.8. The molecule has 0 saturated heterocycles. The van der Waals surface area contributed by atoms with Crippen LogP contribution in [-0.2, 0) is 14.6 Å². The van der Waals surface area contributed by atoms with Gasteiger partial charge >= 0.3 is 11.9 Å². The molecule has 2 aromatic rings. The second-order valence-electron chi connectivity index (χ2n) is 5.92. The highest BCUT2D eigenvalue weighted by molar-refractivity contribution is 5.91. The Labute approximate surface area is 164 Å². The summed E-state index contributed by atoms with van der Waals surface area (Å²) in [5.74, 6) is 0.222. The largest absolute Gasteiger partial charge is 0.494 e. The molecule has 0 unspecified atom stereocenters. The van der Waals surface area contributed by atoms with Crippen molar-refractivity contribution in [2.45, 2.75) is 25.7 Å². The van der Waals surface area contributed by atoms with Crippen molar-refractivity contribution in [3.05, 3.63) is 72.8 Å². The van der Waals surface area contributed by atoms with Crippen LogP contribution in [0.4, 0.5) is 0 Å². The van der Waals surface area contributed by atoms with Crippen LogP contribution in [0.25, 0.3) is 0 Å². The first-order chi connectivity index (χ1) is 13.7. The molecule has 0 saturated carbocycles. The van der Waals surface area contributed by atoms with Gasteiger partial charge in [-0.25, -0.2) is 9.59 Å². The second kappa shape index (κ2) is 12.3. The number of rotatable bonds is 12. The van der Waals surface area contributed by atoms with Crippen LogP contribution >= 0.6 is 0 Å². The van der Waals surface area contributed by atoms with E-state index in [2.05, 4.69) is 11.5 Å². The molecule has 28 heavy (non-hydrogen) atoms. The maximum atomic E-state index is 12.1. The molecule has 0 spiro atoms. The molecule has 0 fully saturated rings. The molecule has 0 bridgehead atoms. The van der Waals surface area contributed by atoms with Crippen molar-refractivity contribution in [2.24, 2.45) is 0 Å². The SMILES string of the molecule is C=CC(=O)OOCCCCCCOc1ccc(C(=O)Oc2ccccc2)cc1. The van der Waals surface area contributed by atoms with Gasteiger partial charge in [0.15, 0.2) is 0 Å². The van der Waals surface area contributed by atoms with E-state index in [9.17, 15) is 9.59 Å². The highest BCUT2D eigenvalue weighted by Crippen LogP contribution is 2.16. The predicted octanol–water partition coefficient (Wildman–Crippen LogP) is 4.51. The number of benzene rings is 2. The second-order valence-corrected chi connectivity index (χ2v) is 5.92. The Morgan fingerprint density at radius 2 is 1.50 bits per heavy atom. The average Bonchev–Trinajstić information content (AvgIpc) is 2.73. The van der Waals surface area contributed by atoms with Crippen LogP contribution in [-0.4, -0.2) is 25.2 Å². The van der Waals surface area contributed by atoms with Crippen molar-refractivity contribution in [2.75, 3.05) is 13.2 Å². The fourth-order valence-electron chi connectivity index (χ4n) is 2.28. The van der Waals surface area contributed by atoms with E-state index in [0.717, 1.165) is 31.8 Å². The van der Waals surface area contributed by atoms with Crippen molar-refractivity contribution in [1.82, 2.24) is 0 Å². The Kier molecular flexibility index (Phi) is 9.31. The first-order valence-electron chi connectivity index (χ1n) is 9.15. The lowest BCUT2D eigenvalue weighted by molar-refractivity contribution is -0.267. The van der Waals surface area contributed by atoms with Crippen LogP contribution in [0, 0.1) is 0 Å². The van der Waals surface area contributed by atoms with E-state index >= 15 is 0 Å². The molecule has 2 rings (SSSR count). The van der Waals surface area contributed by atoms with Crippen molar-refractivity contribution in [3.63, 3.8) is 0 Å². The van der Waals surface area contributed by atoms with Gasteiger partial charge < -0.3 is 9.47 Å². The van der Waals surface area contributed by atoms with E-state index in [1.54, 1.807) is 36.4 Å². The highest BCUT2D eigenvalue weighted by Gasteiger charge is 2.08. The zero-order chi connectivity index (χ0) is 20.0. The van der Waals surface area contributed by atoms with Gasteiger partial charge in [0.2, 0.25) is 0 Å². The highest BCUT2D eigenvalue weighted by atomic mass is 17.2. The van der Waals surface area contributed by atoms with Crippen LogP contribution in [0.1, 0.15) is 36.0 Å². The van der Waals surface area contributed by atoms with Crippen molar-refractivity contribution >= 4 is 11.9 Å². The predicted molar refractivity (Wildman–Crippen MR) is 104 cm³/mol. The molecular formula is C22H24O6. The number of esters is 1. The smallest absolute Gasteiger partial charge is 0.365 e. The third-order valence-electron chi connectivity index (χ3n) is 3.74. The van der Waals surface area contributed by atoms with E-state index in [4.69, 9.17) is 14.4 Å². The molecule has 0 aliphatic rings. The molecule has 0 aromatic heterocycles. The van der Waals surface area contributed by atoms with Gasteiger partial charge in [0, 0.05) is 6.08 Å². The Bertz CT molecular complexity index is 739. The quantitative estimate of drug-likeness (QED) is 0.134. The van der Waals surface area contributed by atoms with Gasteiger partial charge in [0.1, 0.15) is 11.5 Å². The normalized spacial score (nSPS) is 10.1. The molecule has 148 valence electrons. The lowest BCUT2D eigenvalue weighted by atomic mass is 10.2. The maximum Gasteiger partial charge on any atom is 0.365 e. The Hall–Kier alpha value is -3.12. The lowest BCUT2D eigenvalue weighted by Crippen LogP contribution is -2.08. The summed E-state index contributed by atoms with van der Waals surface area (Å²) in [7, 11) is 0. The number of carbonyl (C=O) groups excluding carboxylic acids is 2. The average molecular weight is 384 g/mol. The van der Waals surface area contributed by atoms with E-state index in [0.29, 0.717) is 30.3 Å². The molecule has 0 aliphatic heterocycles. The third-order valence-corrected chi connectivity index (χ3v) is 3.74. The van der Waals surface area contributed by atoms with Gasteiger partial charge in [0.05, 0.1) is 18.8 Å². The van der Waals surface area contributed by atoms with Crippen LogP contribution < -0.4 is 9.47 Å². The van der Waals surface area contributed by atoms with Gasteiger partial charge in [-0.15, -0.1) is 0 Å². The monoisotopic (exact) mass is 384 g/mol. The molecule has 6 heteroatoms. The minimum atomic E-state index is -0.590. The minimum absolute atomic E-state index is 0.362. The van der Waals surface area contributed by atoms with Gasteiger partial charge in [0.25, 0.3) is 0 Å². The van der Waals surface area contributed by atoms with Gasteiger partial charge in [-0.3, -0.25) is 4.89 Å². The maximum absolute atomic E-state index is 12.1. The molecule has 6 nitrogen and oxygen atoms in total. The Morgan fingerprint density at radius 1 is 0.821 bits per heavy atom. The Balaban J connectivity index is 1.58. The van der Waals surface area contributed by atoms with Crippen LogP contribution in [0.3, 0.4) is 0 Å². The van der Waals surface area contributed by atoms with Gasteiger partial charge in [-0.1, -0.05) is 31.2 Å². The van der Waals surface area contributed by atoms with E-state index in [1.807, 2.05) is 18.2 Å². The molecule has 0 amide bonds. The standard InChI is InChI=1S/C22H24O6/c1-2-21(23)28-26-17-9-4-3-8-16-25-19-14-12-18(13-15-19)22(24)27-20-10-6-5-7-11-20/h2,5-7,10-15H,1,3-4,8-9,16-17H2. The molecule has 0 radical (unpaired) electrons. The number of hydrogen-bond acceptors (Lipinski definition) is 6. The third kappa shape index (κ3) is 8.05. The zero-order valence-corrected chi connectivity index (χ0v) is 15.7. The molecule has 0 aliphatic carbocycles. The van der Waals surface area contributed by atoms with Crippen molar-refractivity contribution < 1.29 is 28.8 Å². The Morgan fingerprint density at radius 3 is 2.18 bits per heavy atom. The minimum Gasteiger partial charge on any atom is -0.494 e. The lowest BCUT2D eigenvalue weighted by Gasteiger charge is -2.08. The summed E-state index contributed by atoms with van der Waals surface area (Å²) in [5, 5.41) is 0. The first kappa shape index (κ1) is 21.2. The van der Waals surface area contributed by atoms with Crippen LogP contribution in [0.5, 0.6) is 11.5 Å². The molecule has 0 atom stereocenters. The fraction of sp³-hybridized carbons (Fsp3) is 0.273. The van der Waals surface area contributed by atoms with Gasteiger partial charge in [-0.2, -0.15) is 4.89 Å². The summed E-state index contributed by atoms with van der Waals surface area (Å²) >= 11 is 0. The molecule has 2 aromatic carbocycles. The first-order valence-corrected chi connectivity index (χ1v) is 9.15. The van der Waals surface area contributed by atoms with Crippen LogP contribution in [0.2, 0.25) is 0 Å². The summed E-state index contributed by atoms with van der Waals surface area (Å²) in [4.78, 5) is 32.0. The van der Waals surface area contributed by atoms with Crippen molar-refractivity contribution in [1.29, 1.82) is 0 Å². The van der Waals surface area contributed by atoms with Crippen molar-refractivity contribution in [3.8, 4) is 11.5 Å². The summed E-state index contributed by atoms with van der Waals surface area (Å²) in [5.41, 5.74) is 0.466. The topological polar surface area (TPSA) is 71.1 Å². The number of hydrogen-bond donors (Lipinski definition) is 0. The molecular weight excluding hydrogens is 360 g/mol. The van der Waals surface area contributed by atoms with E-state index < -0.39 is 11.9 Å². The summed E-state index contributed by atoms with van der Waals surface area (Å²) in [6.45, 7) is 4.22. The van der Waals surface area contributed by atoms with E-state index in [1.165, 1.54) is 0 Å². The number of carbonyl (C=O) groups is 2. The number of unbranched alkanes of at least 4 members (excludes halogenated alkanes) is 3. The molecule has 0 heterocycles. The summed E-state index contributed by atoms with van der Waals surface area (Å²) in [6.07, 6.45) is 4.66. The fourth-order valence-corrected chi connectivity index (χ4v) is 2.28. The summed E-state index contributed by atoms with van der Waals surface area (Å²) < 4.78 is 11.0. The zero-order valence-electron chi connectivity index (χ0n) is 15.7. The number of ether oxygens (including phenoxy) is 2. The van der Waals surface area contributed by atoms with Gasteiger partial charge in [-0.05, 0) is 55.7 Å². The van der Waals surface area contributed by atoms with Crippen LogP contribution in [0.15, 0.2) is 67.3 Å². The molecule has 0 N–H and O–H groups in total. The van der Waals surface area contributed by atoms with E-state index in [-0.39, 0.29) is 0 Å². The number of para-hydroxylation sites is 1.